The second kappa shape index (κ2) is 5.25. The van der Waals surface area contributed by atoms with Gasteiger partial charge in [0.1, 0.15) is 6.58 Å². The van der Waals surface area contributed by atoms with Crippen LogP contribution in [0.4, 0.5) is 0 Å². The lowest BCUT2D eigenvalue weighted by Crippen LogP contribution is -2.51. The first kappa shape index (κ1) is 13.9. The van der Waals surface area contributed by atoms with Crippen LogP contribution in [0.25, 0.3) is 0 Å². The second-order valence-electron chi connectivity index (χ2n) is 4.99. The van der Waals surface area contributed by atoms with Crippen LogP contribution in [0.5, 0.6) is 0 Å². The number of esters is 1. The maximum Gasteiger partial charge on any atom is 0.337 e. The number of aliphatic hydroxyl groups is 1. The molecule has 1 saturated heterocycles. The van der Waals surface area contributed by atoms with Crippen LogP contribution in [0, 0.1) is 12.0 Å². The van der Waals surface area contributed by atoms with Gasteiger partial charge in [-0.3, -0.25) is 4.79 Å². The first-order valence-electron chi connectivity index (χ1n) is 6.46. The van der Waals surface area contributed by atoms with Gasteiger partial charge in [0, 0.05) is 13.0 Å². The lowest BCUT2D eigenvalue weighted by Gasteiger charge is -2.17. The third-order valence-electron chi connectivity index (χ3n) is 3.62. The zero-order valence-electron chi connectivity index (χ0n) is 10.9. The predicted octanol–water partition coefficient (Wildman–Crippen LogP) is -0.864. The van der Waals surface area contributed by atoms with Crippen LogP contribution in [-0.2, 0) is 14.3 Å². The van der Waals surface area contributed by atoms with E-state index in [1.165, 1.54) is 0 Å². The molecule has 1 heterocycles. The number of hydrogen-bond donors (Lipinski definition) is 3. The number of carbonyl (C=O) groups is 2. The molecule has 0 bridgehead atoms. The van der Waals surface area contributed by atoms with Gasteiger partial charge >= 0.3 is 5.97 Å². The molecule has 6 heteroatoms. The normalized spacial score (nSPS) is 36.4. The Morgan fingerprint density at radius 2 is 2.37 bits per heavy atom. The third-order valence-corrected chi connectivity index (χ3v) is 3.62. The first-order valence-corrected chi connectivity index (χ1v) is 6.46. The molecular weight excluding hydrogens is 248 g/mol. The molecule has 3 N–H and O–H groups in total. The summed E-state index contributed by atoms with van der Waals surface area (Å²) in [4.78, 5) is 24.0. The number of carbonyl (C=O) groups excluding carboxylic acids is 2. The summed E-state index contributed by atoms with van der Waals surface area (Å²) in [6.07, 6.45) is 3.04. The summed E-state index contributed by atoms with van der Waals surface area (Å²) < 4.78 is 4.99. The highest BCUT2D eigenvalue weighted by molar-refractivity contribution is 5.93. The topological polar surface area (TPSA) is 87.7 Å². The quantitative estimate of drug-likeness (QED) is 0.445. The monoisotopic (exact) mass is 267 g/mol. The van der Waals surface area contributed by atoms with Gasteiger partial charge in [-0.25, -0.2) is 4.79 Å². The highest BCUT2D eigenvalue weighted by Crippen LogP contribution is 2.45. The van der Waals surface area contributed by atoms with Crippen LogP contribution in [0.3, 0.4) is 0 Å². The molecule has 6 nitrogen and oxygen atoms in total. The molecule has 0 radical (unpaired) electrons. The molecule has 0 unspecified atom stereocenters. The molecule has 2 aliphatic rings. The molecule has 0 spiro atoms. The van der Waals surface area contributed by atoms with Crippen LogP contribution < -0.4 is 10.6 Å². The van der Waals surface area contributed by atoms with Crippen molar-refractivity contribution >= 4 is 11.9 Å². The van der Waals surface area contributed by atoms with E-state index in [2.05, 4.69) is 23.3 Å². The second-order valence-corrected chi connectivity index (χ2v) is 4.99. The van der Waals surface area contributed by atoms with Gasteiger partial charge in [0.05, 0.1) is 18.8 Å². The van der Waals surface area contributed by atoms with Crippen molar-refractivity contribution in [2.45, 2.75) is 37.5 Å². The fourth-order valence-electron chi connectivity index (χ4n) is 2.41. The molecule has 1 saturated carbocycles. The zero-order chi connectivity index (χ0) is 14.0. The molecule has 0 aromatic rings. The van der Waals surface area contributed by atoms with Crippen molar-refractivity contribution in [3.63, 3.8) is 0 Å². The molecule has 2 fully saturated rings. The molecule has 1 amide bonds. The van der Waals surface area contributed by atoms with Gasteiger partial charge in [0.2, 0.25) is 17.9 Å². The Balaban J connectivity index is 2.00. The van der Waals surface area contributed by atoms with Gasteiger partial charge in [-0.05, 0) is 13.3 Å². The summed E-state index contributed by atoms with van der Waals surface area (Å²) >= 11 is 0. The van der Waals surface area contributed by atoms with Crippen molar-refractivity contribution in [3.8, 4) is 0 Å². The minimum Gasteiger partial charge on any atom is -0.464 e. The minimum atomic E-state index is -1.01. The fraction of sp³-hybridized carbons (Fsp3) is 0.692. The summed E-state index contributed by atoms with van der Waals surface area (Å²) in [6.45, 7) is 5.91. The van der Waals surface area contributed by atoms with Crippen molar-refractivity contribution in [1.29, 1.82) is 0 Å². The van der Waals surface area contributed by atoms with Crippen molar-refractivity contribution in [2.24, 2.45) is 5.92 Å². The number of aliphatic hydroxyl groups excluding tert-OH is 1. The fourth-order valence-corrected chi connectivity index (χ4v) is 2.41. The highest BCUT2D eigenvalue weighted by Gasteiger charge is 2.69. The van der Waals surface area contributed by atoms with E-state index < -0.39 is 23.7 Å². The lowest BCUT2D eigenvalue weighted by atomic mass is 10.1. The van der Waals surface area contributed by atoms with Gasteiger partial charge in [0.15, 0.2) is 5.54 Å². The largest absolute Gasteiger partial charge is 0.464 e. The Bertz CT molecular complexity index is 398. The average Bonchev–Trinajstić information content (AvgIpc) is 2.92. The van der Waals surface area contributed by atoms with E-state index in [4.69, 9.17) is 4.74 Å². The van der Waals surface area contributed by atoms with Crippen molar-refractivity contribution < 1.29 is 19.4 Å². The van der Waals surface area contributed by atoms with Crippen molar-refractivity contribution in [1.82, 2.24) is 10.6 Å². The zero-order valence-corrected chi connectivity index (χ0v) is 10.9. The average molecular weight is 267 g/mol. The summed E-state index contributed by atoms with van der Waals surface area (Å²) in [5.41, 5.74) is -1.01. The molecule has 104 valence electrons. The van der Waals surface area contributed by atoms with Gasteiger partial charge < -0.3 is 20.5 Å². The van der Waals surface area contributed by atoms with Gasteiger partial charge in [-0.1, -0.05) is 0 Å². The molecular formula is C13H19N2O4+. The smallest absolute Gasteiger partial charge is 0.337 e. The molecule has 0 aromatic heterocycles. The van der Waals surface area contributed by atoms with Crippen LogP contribution in [0.2, 0.25) is 0 Å². The Hall–Kier alpha value is -1.49. The van der Waals surface area contributed by atoms with Crippen molar-refractivity contribution in [3.05, 3.63) is 12.7 Å². The summed E-state index contributed by atoms with van der Waals surface area (Å²) in [5, 5.41) is 15.0. The Kier molecular flexibility index (Phi) is 3.85. The van der Waals surface area contributed by atoms with Gasteiger partial charge in [-0.2, -0.15) is 0 Å². The number of ether oxygens (including phenoxy) is 1. The highest BCUT2D eigenvalue weighted by atomic mass is 16.5. The minimum absolute atomic E-state index is 0.207. The maximum absolute atomic E-state index is 12.1. The van der Waals surface area contributed by atoms with E-state index >= 15 is 0 Å². The summed E-state index contributed by atoms with van der Waals surface area (Å²) in [7, 11) is 0. The van der Waals surface area contributed by atoms with E-state index in [1.807, 2.05) is 0 Å². The number of rotatable bonds is 5. The standard InChI is InChI=1S/C13H18N2O4/c1-3-8-6-13(8,12(18)19-4-2)15-11(17)10-5-9(16)7-14-10/h8-10,14,16H,1,4-7H2,2H3/p+1/t8-,9-,10+,13-/m1/s1. The molecule has 1 aliphatic heterocycles. The Labute approximate surface area is 112 Å². The molecule has 0 aromatic carbocycles. The van der Waals surface area contributed by atoms with Crippen LogP contribution >= 0.6 is 0 Å². The van der Waals surface area contributed by atoms with E-state index in [9.17, 15) is 14.7 Å². The molecule has 1 aliphatic carbocycles. The van der Waals surface area contributed by atoms with E-state index in [0.29, 0.717) is 19.4 Å². The van der Waals surface area contributed by atoms with Crippen LogP contribution in [0.1, 0.15) is 19.8 Å². The lowest BCUT2D eigenvalue weighted by molar-refractivity contribution is -0.149. The third kappa shape index (κ3) is 2.61. The molecule has 2 rings (SSSR count). The maximum atomic E-state index is 12.1. The van der Waals surface area contributed by atoms with Gasteiger partial charge in [0.25, 0.3) is 0 Å². The van der Waals surface area contributed by atoms with Crippen molar-refractivity contribution in [2.75, 3.05) is 13.2 Å². The summed E-state index contributed by atoms with van der Waals surface area (Å²) in [6, 6.07) is -0.465. The SMILES string of the molecule is C=[C+][C@@H]1C[C@]1(NC(=O)[C@@H]1C[C@@H](O)CN1)C(=O)OCC. The van der Waals surface area contributed by atoms with Crippen LogP contribution in [0.15, 0.2) is 6.58 Å². The predicted molar refractivity (Wildman–Crippen MR) is 66.9 cm³/mol. The van der Waals surface area contributed by atoms with Crippen LogP contribution in [-0.4, -0.2) is 47.8 Å². The van der Waals surface area contributed by atoms with E-state index in [-0.39, 0.29) is 18.4 Å². The molecule has 19 heavy (non-hydrogen) atoms. The number of β-amino-alcohol motifs (C(OH)–C–C–N with tert-alkyl or cyclic N) is 1. The summed E-state index contributed by atoms with van der Waals surface area (Å²) in [5.74, 6) is -0.938. The van der Waals surface area contributed by atoms with E-state index in [1.54, 1.807) is 6.92 Å². The first-order chi connectivity index (χ1) is 9.03. The molecule has 4 atom stereocenters. The van der Waals surface area contributed by atoms with Gasteiger partial charge in [-0.15, -0.1) is 0 Å². The Morgan fingerprint density at radius 3 is 2.84 bits per heavy atom. The Morgan fingerprint density at radius 1 is 1.63 bits per heavy atom. The number of amides is 1. The number of nitrogens with one attached hydrogen (secondary N) is 2. The number of hydrogen-bond acceptors (Lipinski definition) is 5. The van der Waals surface area contributed by atoms with E-state index in [0.717, 1.165) is 0 Å².